The van der Waals surface area contributed by atoms with Gasteiger partial charge in [-0.1, -0.05) is 30.3 Å². The van der Waals surface area contributed by atoms with E-state index < -0.39 is 26.5 Å². The van der Waals surface area contributed by atoms with Crippen molar-refractivity contribution in [3.05, 3.63) is 42.0 Å². The number of hydrogen-bond donors (Lipinski definition) is 1. The summed E-state index contributed by atoms with van der Waals surface area (Å²) in [6.45, 7) is 0. The second-order valence-electron chi connectivity index (χ2n) is 3.42. The Labute approximate surface area is 125 Å². The zero-order valence-electron chi connectivity index (χ0n) is 9.45. The fourth-order valence-corrected chi connectivity index (χ4v) is 2.37. The molecule has 0 radical (unpaired) electrons. The van der Waals surface area contributed by atoms with Crippen LogP contribution >= 0.6 is 0 Å². The van der Waals surface area contributed by atoms with Gasteiger partial charge in [0.1, 0.15) is 4.90 Å². The molecule has 0 heterocycles. The minimum atomic E-state index is -4.59. The van der Waals surface area contributed by atoms with Gasteiger partial charge in [0, 0.05) is 5.56 Å². The maximum Gasteiger partial charge on any atom is 1.00 e. The summed E-state index contributed by atoms with van der Waals surface area (Å²) in [4.78, 5) is 10.3. The SMILES string of the molecule is O=C([O-])c1c(S(=O)(=O)O)ccc2ccccc12.[Na+]. The summed E-state index contributed by atoms with van der Waals surface area (Å²) in [5.74, 6) is -1.64. The molecule has 0 amide bonds. The molecule has 0 aliphatic heterocycles. The van der Waals surface area contributed by atoms with Crippen LogP contribution in [0, 0.1) is 0 Å². The molecule has 0 aliphatic carbocycles. The van der Waals surface area contributed by atoms with Gasteiger partial charge in [-0.15, -0.1) is 0 Å². The average molecular weight is 274 g/mol. The van der Waals surface area contributed by atoms with Crippen LogP contribution in [0.15, 0.2) is 41.3 Å². The molecule has 0 saturated heterocycles. The van der Waals surface area contributed by atoms with Crippen LogP contribution in [0.2, 0.25) is 0 Å². The minimum absolute atomic E-state index is 0. The van der Waals surface area contributed by atoms with E-state index in [0.29, 0.717) is 5.39 Å². The van der Waals surface area contributed by atoms with Gasteiger partial charge in [0.2, 0.25) is 0 Å². The second-order valence-corrected chi connectivity index (χ2v) is 4.81. The predicted octanol–water partition coefficient (Wildman–Crippen LogP) is -2.55. The largest absolute Gasteiger partial charge is 1.00 e. The molecule has 0 fully saturated rings. The third-order valence-corrected chi connectivity index (χ3v) is 3.27. The van der Waals surface area contributed by atoms with Crippen molar-refractivity contribution in [2.45, 2.75) is 4.90 Å². The van der Waals surface area contributed by atoms with Gasteiger partial charge in [-0.3, -0.25) is 4.55 Å². The number of carbonyl (C=O) groups is 1. The van der Waals surface area contributed by atoms with Crippen LogP contribution in [0.3, 0.4) is 0 Å². The Bertz CT molecular complexity index is 708. The Morgan fingerprint density at radius 3 is 2.28 bits per heavy atom. The maximum absolute atomic E-state index is 11.1. The molecule has 0 unspecified atom stereocenters. The molecule has 5 nitrogen and oxygen atoms in total. The molecule has 7 heteroatoms. The summed E-state index contributed by atoms with van der Waals surface area (Å²) >= 11 is 0. The summed E-state index contributed by atoms with van der Waals surface area (Å²) in [7, 11) is -4.59. The third kappa shape index (κ3) is 2.73. The van der Waals surface area contributed by atoms with Crippen molar-refractivity contribution in [2.24, 2.45) is 0 Å². The molecule has 0 aliphatic rings. The molecule has 2 aromatic carbocycles. The Balaban J connectivity index is 0.00000162. The molecule has 1 N–H and O–H groups in total. The number of carboxylic acid groups (broad SMARTS) is 1. The van der Waals surface area contributed by atoms with Crippen molar-refractivity contribution < 1.29 is 52.4 Å². The number of benzene rings is 2. The van der Waals surface area contributed by atoms with E-state index >= 15 is 0 Å². The van der Waals surface area contributed by atoms with Crippen molar-refractivity contribution in [1.29, 1.82) is 0 Å². The van der Waals surface area contributed by atoms with E-state index in [0.717, 1.165) is 6.07 Å². The maximum atomic E-state index is 11.1. The topological polar surface area (TPSA) is 94.5 Å². The molecule has 0 bridgehead atoms. The molecule has 2 rings (SSSR count). The quantitative estimate of drug-likeness (QED) is 0.481. The fourth-order valence-electron chi connectivity index (χ4n) is 1.68. The van der Waals surface area contributed by atoms with Crippen LogP contribution in [0.4, 0.5) is 0 Å². The van der Waals surface area contributed by atoms with E-state index in [2.05, 4.69) is 0 Å². The monoisotopic (exact) mass is 274 g/mol. The van der Waals surface area contributed by atoms with E-state index in [1.807, 2.05) is 0 Å². The molecule has 18 heavy (non-hydrogen) atoms. The van der Waals surface area contributed by atoms with Gasteiger partial charge in [0.25, 0.3) is 10.1 Å². The summed E-state index contributed by atoms with van der Waals surface area (Å²) in [5, 5.41) is 11.8. The van der Waals surface area contributed by atoms with Crippen LogP contribution in [-0.4, -0.2) is 18.9 Å². The summed E-state index contributed by atoms with van der Waals surface area (Å²) < 4.78 is 31.1. The molecule has 0 saturated carbocycles. The van der Waals surface area contributed by atoms with Gasteiger partial charge in [-0.2, -0.15) is 8.42 Å². The minimum Gasteiger partial charge on any atom is -0.545 e. The first-order chi connectivity index (χ1) is 7.91. The van der Waals surface area contributed by atoms with E-state index in [1.54, 1.807) is 18.2 Å². The van der Waals surface area contributed by atoms with Gasteiger partial charge in [-0.05, 0) is 16.8 Å². The van der Waals surface area contributed by atoms with Crippen LogP contribution in [0.5, 0.6) is 0 Å². The van der Waals surface area contributed by atoms with E-state index in [4.69, 9.17) is 4.55 Å². The van der Waals surface area contributed by atoms with Gasteiger partial charge in [-0.25, -0.2) is 0 Å². The zero-order valence-corrected chi connectivity index (χ0v) is 12.3. The molecule has 2 aromatic rings. The van der Waals surface area contributed by atoms with Crippen molar-refractivity contribution >= 4 is 26.9 Å². The van der Waals surface area contributed by atoms with E-state index in [9.17, 15) is 18.3 Å². The van der Waals surface area contributed by atoms with Crippen LogP contribution < -0.4 is 34.7 Å². The van der Waals surface area contributed by atoms with Gasteiger partial charge >= 0.3 is 29.6 Å². The fraction of sp³-hybridized carbons (Fsp3) is 0. The standard InChI is InChI=1S/C11H8O5S.Na/c12-11(13)10-8-4-2-1-3-7(8)5-6-9(10)17(14,15)16;/h1-6H,(H,12,13)(H,14,15,16);/q;+1/p-1. The van der Waals surface area contributed by atoms with Crippen molar-refractivity contribution in [2.75, 3.05) is 0 Å². The number of rotatable bonds is 2. The first-order valence-electron chi connectivity index (χ1n) is 4.62. The van der Waals surface area contributed by atoms with Crippen molar-refractivity contribution in [3.8, 4) is 0 Å². The number of carboxylic acids is 1. The van der Waals surface area contributed by atoms with Crippen molar-refractivity contribution in [1.82, 2.24) is 0 Å². The number of hydrogen-bond acceptors (Lipinski definition) is 4. The first kappa shape index (κ1) is 15.1. The van der Waals surface area contributed by atoms with Crippen LogP contribution in [0.25, 0.3) is 10.8 Å². The smallest absolute Gasteiger partial charge is 0.545 e. The molecule has 0 aromatic heterocycles. The van der Waals surface area contributed by atoms with Crippen LogP contribution in [0.1, 0.15) is 10.4 Å². The van der Waals surface area contributed by atoms with Crippen molar-refractivity contribution in [3.63, 3.8) is 0 Å². The zero-order chi connectivity index (χ0) is 12.6. The number of aromatic carboxylic acids is 1. The Kier molecular flexibility index (Phi) is 4.52. The summed E-state index contributed by atoms with van der Waals surface area (Å²) in [6, 6.07) is 8.81. The average Bonchev–Trinajstić information content (AvgIpc) is 2.26. The number of fused-ring (bicyclic) bond motifs is 1. The second kappa shape index (κ2) is 5.38. The van der Waals surface area contributed by atoms with Crippen LogP contribution in [-0.2, 0) is 10.1 Å². The Morgan fingerprint density at radius 2 is 1.72 bits per heavy atom. The Morgan fingerprint density at radius 1 is 1.11 bits per heavy atom. The molecule has 0 spiro atoms. The normalized spacial score (nSPS) is 10.9. The van der Waals surface area contributed by atoms with E-state index in [1.165, 1.54) is 12.1 Å². The summed E-state index contributed by atoms with van der Waals surface area (Å²) in [5.41, 5.74) is -0.523. The molecular weight excluding hydrogens is 267 g/mol. The predicted molar refractivity (Wildman–Crippen MR) is 58.1 cm³/mol. The summed E-state index contributed by atoms with van der Waals surface area (Å²) in [6.07, 6.45) is 0. The number of carbonyl (C=O) groups excluding carboxylic acids is 1. The van der Waals surface area contributed by atoms with Gasteiger partial charge in [0.05, 0.1) is 5.97 Å². The molecule has 88 valence electrons. The van der Waals surface area contributed by atoms with Gasteiger partial charge < -0.3 is 9.90 Å². The Hall–Kier alpha value is -0.920. The molecule has 0 atom stereocenters. The van der Waals surface area contributed by atoms with Gasteiger partial charge in [0.15, 0.2) is 0 Å². The molecular formula is C11H7NaO5S. The third-order valence-electron chi connectivity index (χ3n) is 2.37. The van der Waals surface area contributed by atoms with E-state index in [-0.39, 0.29) is 34.9 Å². The first-order valence-corrected chi connectivity index (χ1v) is 6.06.